The molecule has 5 amide bonds. The van der Waals surface area contributed by atoms with E-state index in [0.717, 1.165) is 84.0 Å². The molecule has 15 rings (SSSR count). The molecule has 37 nitrogen and oxygen atoms in total. The van der Waals surface area contributed by atoms with Crippen LogP contribution in [-0.4, -0.2) is 271 Å². The third-order valence-corrected chi connectivity index (χ3v) is 22.9. The lowest BCUT2D eigenvalue weighted by Gasteiger charge is -2.35. The number of nitrogens with one attached hydrogen (secondary N) is 7. The van der Waals surface area contributed by atoms with Gasteiger partial charge in [-0.2, -0.15) is 28.8 Å². The number of methoxy groups -OCH3 is 3. The molecule has 0 aromatic carbocycles. The number of carbonyl (C=O) groups excluding carboxylic acids is 5. The van der Waals surface area contributed by atoms with Crippen LogP contribution in [0.15, 0.2) is 106 Å². The zero-order valence-electron chi connectivity index (χ0n) is 71.5. The lowest BCUT2D eigenvalue weighted by Crippen LogP contribution is -2.51. The summed E-state index contributed by atoms with van der Waals surface area (Å²) in [6.45, 7) is 14.9. The highest BCUT2D eigenvalue weighted by Gasteiger charge is 2.38. The summed E-state index contributed by atoms with van der Waals surface area (Å²) >= 11 is 11.6. The number of ether oxygens (including phenoxy) is 5. The number of nitrogens with zero attached hydrogens (tertiary/aromatic N) is 17. The first kappa shape index (κ1) is 92.2. The lowest BCUT2D eigenvalue weighted by atomic mass is 9.89. The molecule has 9 aromatic heterocycles. The van der Waals surface area contributed by atoms with Gasteiger partial charge in [-0.25, -0.2) is 37.7 Å². The predicted molar refractivity (Wildman–Crippen MR) is 463 cm³/mol. The van der Waals surface area contributed by atoms with E-state index in [2.05, 4.69) is 67.0 Å². The van der Waals surface area contributed by atoms with Crippen LogP contribution >= 0.6 is 23.4 Å². The van der Waals surface area contributed by atoms with Crippen molar-refractivity contribution in [1.29, 1.82) is 0 Å². The quantitative estimate of drug-likeness (QED) is 0.0196. The molecular weight excluding hydrogens is 1660 g/mol. The smallest absolute Gasteiger partial charge is 0.415 e. The Labute approximate surface area is 723 Å². The van der Waals surface area contributed by atoms with Crippen LogP contribution in [0.25, 0.3) is 16.9 Å². The number of aromatic nitrogens is 12. The van der Waals surface area contributed by atoms with Gasteiger partial charge < -0.3 is 69.3 Å². The van der Waals surface area contributed by atoms with Gasteiger partial charge in [-0.1, -0.05) is 11.6 Å². The first-order chi connectivity index (χ1) is 59.4. The molecule has 0 radical (unpaired) electrons. The van der Waals surface area contributed by atoms with E-state index < -0.39 is 36.7 Å². The van der Waals surface area contributed by atoms with Gasteiger partial charge in [-0.3, -0.25) is 58.1 Å². The van der Waals surface area contributed by atoms with Gasteiger partial charge >= 0.3 is 12.2 Å². The Morgan fingerprint density at radius 3 is 1.19 bits per heavy atom. The van der Waals surface area contributed by atoms with Crippen LogP contribution in [0, 0.1) is 0 Å². The van der Waals surface area contributed by atoms with Crippen LogP contribution in [0.2, 0.25) is 5.15 Å². The number of alkyl halides is 3. The van der Waals surface area contributed by atoms with Crippen LogP contribution in [0.4, 0.5) is 68.9 Å². The van der Waals surface area contributed by atoms with Crippen LogP contribution in [-0.2, 0) is 23.7 Å². The Morgan fingerprint density at radius 1 is 0.492 bits per heavy atom. The molecule has 42 heteroatoms. The van der Waals surface area contributed by atoms with Crippen molar-refractivity contribution in [3.8, 4) is 0 Å². The molecular formula is C82H109Cl2F3N24O13. The fraction of sp³-hybridized carbons (Fsp3) is 0.537. The molecule has 0 bridgehead atoms. The van der Waals surface area contributed by atoms with Crippen molar-refractivity contribution in [2.75, 3.05) is 152 Å². The number of likely N-dealkylation sites (tertiary alicyclic amines) is 3. The summed E-state index contributed by atoms with van der Waals surface area (Å²) in [5, 5.41) is 31.2. The molecule has 6 aliphatic rings. The third-order valence-electron chi connectivity index (χ3n) is 22.5. The third kappa shape index (κ3) is 21.7. The highest BCUT2D eigenvalue weighted by Crippen LogP contribution is 2.33. The molecule has 3 aliphatic carbocycles. The lowest BCUT2D eigenvalue weighted by molar-refractivity contribution is 0.00731. The molecule has 670 valence electrons. The standard InChI is InChI=1S/C29H39FN8O5.C24H31FN8O3.C18H24ClN5O4.C11H15ClFN3O/c1-29(2,3)43-28(41)35(4)24-15-23(32-21-7-6-12-37(27(21)40)18-10-13-36(17-18)14-11-30)34-25-19(16-31-38(24)25)26(39)33-20-8-9-22(20)42-5;1-26-21-12-20(28-18-4-3-9-32(24(18)35)15-7-10-31(14-15)11-8-25)30-22-16(13-27-33(21)22)23(34)29-17-5-6-19(17)36-2;1-18(2,3)28-17(26)23(4)14-8-13(19)22-15-10(9-20-24(14)15)16(25)21-11-6-7-12(11)27-5;12-14-10-2-1-5-16(11(10)17)9-3-6-15(8-9)7-4-13/h6-7,12,15-16,18,20,22H,8-11,13-14,17H2,1-5H3,(H,32,34)(H,33,39);3-4,9,12-13,15,17,19,26H,5-8,10-11,14H2,1-2H3,(H,28,30)(H,29,34);8-9,11-12H,6-7H2,1-5H3,(H,21,25);1-2,5,9,14H,3-4,6-8H2/t18-,20?,22-;15-,17?,19-;11?,12-;9-/m1101/s1. The number of carbonyl (C=O) groups is 5. The van der Waals surface area contributed by atoms with Crippen LogP contribution in [0.1, 0.15) is 149 Å². The number of anilines is 8. The van der Waals surface area contributed by atoms with E-state index in [1.807, 2.05) is 20.8 Å². The normalized spacial score (nSPS) is 20.7. The van der Waals surface area contributed by atoms with Gasteiger partial charge in [0.15, 0.2) is 16.9 Å². The van der Waals surface area contributed by atoms with E-state index in [-0.39, 0.29) is 141 Å². The van der Waals surface area contributed by atoms with Gasteiger partial charge in [-0.05, 0) is 136 Å². The maximum absolute atomic E-state index is 13.5. The Balaban J connectivity index is 0.000000157. The maximum Gasteiger partial charge on any atom is 0.415 e. The molecule has 9 atom stereocenters. The van der Waals surface area contributed by atoms with Crippen molar-refractivity contribution < 1.29 is 60.8 Å². The van der Waals surface area contributed by atoms with E-state index in [4.69, 9.17) is 47.1 Å². The minimum Gasteiger partial charge on any atom is -0.443 e. The number of rotatable bonds is 26. The number of fused-ring (bicyclic) bond motifs is 3. The van der Waals surface area contributed by atoms with Crippen molar-refractivity contribution in [2.45, 2.75) is 165 Å². The van der Waals surface area contributed by atoms with Crippen molar-refractivity contribution in [3.63, 3.8) is 0 Å². The van der Waals surface area contributed by atoms with Crippen molar-refractivity contribution >= 4 is 116 Å². The Bertz CT molecular complexity index is 5460. The first-order valence-corrected chi connectivity index (χ1v) is 42.0. The summed E-state index contributed by atoms with van der Waals surface area (Å²) < 4.78 is 74.2. The average molecular weight is 1770 g/mol. The molecule has 9 aromatic rings. The molecule has 3 saturated heterocycles. The zero-order chi connectivity index (χ0) is 89.0. The number of halogens is 5. The second kappa shape index (κ2) is 40.8. The Morgan fingerprint density at radius 2 is 0.839 bits per heavy atom. The molecule has 7 N–H and O–H groups in total. The number of amides is 5. The number of pyridine rings is 3. The summed E-state index contributed by atoms with van der Waals surface area (Å²) in [4.78, 5) is 128. The van der Waals surface area contributed by atoms with Gasteiger partial charge in [0, 0.05) is 150 Å². The highest BCUT2D eigenvalue weighted by atomic mass is 35.5. The zero-order valence-corrected chi connectivity index (χ0v) is 73.0. The van der Waals surface area contributed by atoms with Crippen molar-refractivity contribution in [2.24, 2.45) is 0 Å². The second-order valence-corrected chi connectivity index (χ2v) is 33.6. The molecule has 3 aliphatic heterocycles. The molecule has 3 unspecified atom stereocenters. The van der Waals surface area contributed by atoms with Gasteiger partial charge in [0.05, 0.1) is 73.2 Å². The van der Waals surface area contributed by atoms with Crippen LogP contribution < -0.4 is 63.2 Å². The fourth-order valence-electron chi connectivity index (χ4n) is 15.4. The van der Waals surface area contributed by atoms with E-state index in [0.29, 0.717) is 72.8 Å². The van der Waals surface area contributed by atoms with Crippen LogP contribution in [0.5, 0.6) is 0 Å². The number of hydrogen-bond acceptors (Lipinski definition) is 26. The van der Waals surface area contributed by atoms with Gasteiger partial charge in [-0.15, -0.1) is 0 Å². The Kier molecular flexibility index (Phi) is 30.3. The van der Waals surface area contributed by atoms with Gasteiger partial charge in [0.25, 0.3) is 34.4 Å². The molecule has 124 heavy (non-hydrogen) atoms. The monoisotopic (exact) mass is 1760 g/mol. The minimum atomic E-state index is -0.746. The molecule has 6 fully saturated rings. The van der Waals surface area contributed by atoms with Crippen molar-refractivity contribution in [3.05, 3.63) is 145 Å². The van der Waals surface area contributed by atoms with E-state index in [9.17, 15) is 51.5 Å². The van der Waals surface area contributed by atoms with Gasteiger partial charge in [0.2, 0.25) is 0 Å². The summed E-state index contributed by atoms with van der Waals surface area (Å²) in [6, 6.07) is 14.9. The second-order valence-electron chi connectivity index (χ2n) is 33.0. The predicted octanol–water partition coefficient (Wildman–Crippen LogP) is 9.22. The average Bonchev–Trinajstić information content (AvgIpc) is 1.59. The maximum atomic E-state index is 13.5. The number of hydrogen-bond donors (Lipinski definition) is 7. The van der Waals surface area contributed by atoms with E-state index in [1.54, 1.807) is 149 Å². The largest absolute Gasteiger partial charge is 0.443 e. The summed E-state index contributed by atoms with van der Waals surface area (Å²) in [5.74, 6) is 0.875. The summed E-state index contributed by atoms with van der Waals surface area (Å²) in [7, 11) is 9.69. The SMILES string of the molecule is CNc1cc(Nc2cccn([C@@H]3CCN(CCF)C3)c2=O)nc2c(C(=O)NC3CC[C@H]3OC)cnn12.CO[C@@H]1CCC1NC(=O)c1cnn2c(N(C)C(=O)OC(C)(C)C)cc(Nc3cccn([C@@H]4CCN(CCF)C4)c3=O)nc12.CO[C@H]1CCC1NC(=O)c1cnn2c(N(C)C(=O)OC(C)(C)C)cc(Cl)nc12.O=c1c(NCl)cccn1[C@@H]1CCN(CCF)C1. The van der Waals surface area contributed by atoms with E-state index in [1.165, 1.54) is 57.6 Å². The topological polar surface area (TPSA) is 388 Å². The summed E-state index contributed by atoms with van der Waals surface area (Å²) in [5.41, 5.74) is 0.634. The van der Waals surface area contributed by atoms with Gasteiger partial charge in [0.1, 0.15) is 99.2 Å². The van der Waals surface area contributed by atoms with Crippen molar-refractivity contribution in [1.82, 2.24) is 88.1 Å². The minimum absolute atomic E-state index is 0.0104. The summed E-state index contributed by atoms with van der Waals surface area (Å²) in [6.07, 6.45) is 15.9. The molecule has 0 spiro atoms. The molecule has 12 heterocycles. The van der Waals surface area contributed by atoms with Crippen LogP contribution in [0.3, 0.4) is 0 Å². The first-order valence-electron chi connectivity index (χ1n) is 41.2. The Hall–Kier alpha value is -11.0. The van der Waals surface area contributed by atoms with E-state index >= 15 is 0 Å². The molecule has 3 saturated carbocycles. The fourth-order valence-corrected chi connectivity index (χ4v) is 15.8. The highest BCUT2D eigenvalue weighted by molar-refractivity contribution is 6.30.